The molecule has 21 heavy (non-hydrogen) atoms. The number of nitrogens with zero attached hydrogens (tertiary/aromatic N) is 1. The number of amides is 1. The van der Waals surface area contributed by atoms with Gasteiger partial charge < -0.3 is 9.64 Å². The average molecular weight is 293 g/mol. The van der Waals surface area contributed by atoms with Crippen molar-refractivity contribution < 1.29 is 9.53 Å². The lowest BCUT2D eigenvalue weighted by Gasteiger charge is -2.23. The van der Waals surface area contributed by atoms with Gasteiger partial charge in [0.15, 0.2) is 0 Å². The van der Waals surface area contributed by atoms with Crippen molar-refractivity contribution in [1.29, 1.82) is 0 Å². The van der Waals surface area contributed by atoms with E-state index in [0.29, 0.717) is 12.3 Å². The van der Waals surface area contributed by atoms with Crippen LogP contribution in [-0.4, -0.2) is 37.1 Å². The molecule has 0 fully saturated rings. The van der Waals surface area contributed by atoms with Gasteiger partial charge in [-0.25, -0.2) is 0 Å². The Balaban J connectivity index is 2.79. The zero-order chi connectivity index (χ0) is 15.7. The summed E-state index contributed by atoms with van der Waals surface area (Å²) in [6.07, 6.45) is 11.6. The fourth-order valence-corrected chi connectivity index (χ4v) is 2.85. The highest BCUT2D eigenvalue weighted by atomic mass is 16.5. The highest BCUT2D eigenvalue weighted by Gasteiger charge is 2.13. The molecule has 0 aliphatic carbocycles. The Morgan fingerprint density at radius 2 is 2.14 bits per heavy atom. The predicted molar refractivity (Wildman–Crippen MR) is 88.2 cm³/mol. The molecule has 0 saturated heterocycles. The summed E-state index contributed by atoms with van der Waals surface area (Å²) in [7, 11) is 1.78. The van der Waals surface area contributed by atoms with E-state index in [4.69, 9.17) is 4.74 Å². The van der Waals surface area contributed by atoms with Crippen LogP contribution >= 0.6 is 0 Å². The molecule has 0 aromatic carbocycles. The van der Waals surface area contributed by atoms with E-state index in [1.807, 2.05) is 4.90 Å². The summed E-state index contributed by atoms with van der Waals surface area (Å²) in [4.78, 5) is 14.2. The fraction of sp³-hybridized carbons (Fsp3) is 0.722. The molecule has 0 aromatic rings. The number of hydrogen-bond donors (Lipinski definition) is 0. The van der Waals surface area contributed by atoms with Crippen LogP contribution in [-0.2, 0) is 9.53 Å². The summed E-state index contributed by atoms with van der Waals surface area (Å²) in [5.74, 6) is 0.741. The van der Waals surface area contributed by atoms with Crippen LogP contribution in [0.2, 0.25) is 0 Å². The molecule has 120 valence electrons. The van der Waals surface area contributed by atoms with Gasteiger partial charge in [-0.05, 0) is 45.4 Å². The number of methoxy groups -OCH3 is 1. The zero-order valence-corrected chi connectivity index (χ0v) is 14.1. The molecule has 0 N–H and O–H groups in total. The number of carbonyl (C=O) groups excluding carboxylic acids is 1. The van der Waals surface area contributed by atoms with Crippen LogP contribution in [0.15, 0.2) is 23.8 Å². The van der Waals surface area contributed by atoms with Crippen molar-refractivity contribution in [3.63, 3.8) is 0 Å². The van der Waals surface area contributed by atoms with Gasteiger partial charge in [0, 0.05) is 26.6 Å². The quantitative estimate of drug-likeness (QED) is 0.721. The molecule has 0 bridgehead atoms. The Labute approximate surface area is 130 Å². The number of likely N-dealkylation sites (N-methyl/N-ethyl adjacent to an activating group) is 1. The molecule has 0 unspecified atom stereocenters. The first-order valence-corrected chi connectivity index (χ1v) is 8.21. The monoisotopic (exact) mass is 293 g/mol. The SMILES string of the molecule is CCN1C/C(C)=C\[C@@H](C)C[C@@H](OC)/C=C/CCCCC1=O. The summed E-state index contributed by atoms with van der Waals surface area (Å²) < 4.78 is 5.54. The number of allylic oxidation sites excluding steroid dienone is 2. The Bertz CT molecular complexity index is 373. The standard InChI is InChI=1S/C18H31NO2/c1-5-19-14-16(3)12-15(2)13-17(21-4)10-8-6-7-9-11-18(19)20/h8,10,12,15,17H,5-7,9,11,13-14H2,1-4H3/b10-8+,16-12-/t15-,17+/m1/s1. The highest BCUT2D eigenvalue weighted by Crippen LogP contribution is 2.16. The Morgan fingerprint density at radius 3 is 2.81 bits per heavy atom. The van der Waals surface area contributed by atoms with Gasteiger partial charge in [-0.15, -0.1) is 0 Å². The molecule has 1 heterocycles. The van der Waals surface area contributed by atoms with Crippen LogP contribution in [0.3, 0.4) is 0 Å². The number of rotatable bonds is 2. The molecule has 0 saturated carbocycles. The third kappa shape index (κ3) is 6.94. The van der Waals surface area contributed by atoms with Gasteiger partial charge in [-0.1, -0.05) is 30.7 Å². The van der Waals surface area contributed by atoms with Crippen molar-refractivity contribution in [2.75, 3.05) is 20.2 Å². The number of hydrogen-bond acceptors (Lipinski definition) is 2. The smallest absolute Gasteiger partial charge is 0.222 e. The second-order valence-corrected chi connectivity index (χ2v) is 6.08. The van der Waals surface area contributed by atoms with Crippen LogP contribution in [0.1, 0.15) is 52.9 Å². The van der Waals surface area contributed by atoms with Crippen molar-refractivity contribution in [3.05, 3.63) is 23.8 Å². The van der Waals surface area contributed by atoms with E-state index in [-0.39, 0.29) is 12.0 Å². The van der Waals surface area contributed by atoms with Crippen LogP contribution < -0.4 is 0 Å². The third-order valence-electron chi connectivity index (χ3n) is 4.01. The molecule has 3 nitrogen and oxygen atoms in total. The Morgan fingerprint density at radius 1 is 1.38 bits per heavy atom. The second kappa shape index (κ2) is 9.78. The first-order chi connectivity index (χ1) is 10.1. The molecular weight excluding hydrogens is 262 g/mol. The van der Waals surface area contributed by atoms with Crippen molar-refractivity contribution in [2.45, 2.75) is 59.0 Å². The third-order valence-corrected chi connectivity index (χ3v) is 4.01. The van der Waals surface area contributed by atoms with Crippen LogP contribution in [0.5, 0.6) is 0 Å². The average Bonchev–Trinajstić information content (AvgIpc) is 2.45. The topological polar surface area (TPSA) is 29.5 Å². The second-order valence-electron chi connectivity index (χ2n) is 6.08. The maximum Gasteiger partial charge on any atom is 0.222 e. The molecule has 0 aromatic heterocycles. The number of ether oxygens (including phenoxy) is 1. The first-order valence-electron chi connectivity index (χ1n) is 8.21. The maximum absolute atomic E-state index is 12.2. The molecule has 1 aliphatic heterocycles. The minimum absolute atomic E-state index is 0.191. The molecular formula is C18H31NO2. The molecule has 0 spiro atoms. The lowest BCUT2D eigenvalue weighted by atomic mass is 9.99. The van der Waals surface area contributed by atoms with E-state index < -0.39 is 0 Å². The van der Waals surface area contributed by atoms with Gasteiger partial charge in [-0.2, -0.15) is 0 Å². The molecule has 0 radical (unpaired) electrons. The molecule has 1 aliphatic rings. The van der Waals surface area contributed by atoms with Gasteiger partial charge in [0.25, 0.3) is 0 Å². The summed E-state index contributed by atoms with van der Waals surface area (Å²) in [5.41, 5.74) is 1.27. The van der Waals surface area contributed by atoms with Crippen molar-refractivity contribution in [3.8, 4) is 0 Å². The van der Waals surface area contributed by atoms with Crippen molar-refractivity contribution >= 4 is 5.91 Å². The van der Waals surface area contributed by atoms with E-state index in [9.17, 15) is 4.79 Å². The lowest BCUT2D eigenvalue weighted by Crippen LogP contribution is -2.32. The highest BCUT2D eigenvalue weighted by molar-refractivity contribution is 5.76. The van der Waals surface area contributed by atoms with Crippen LogP contribution in [0, 0.1) is 5.92 Å². The first kappa shape index (κ1) is 18.0. The van der Waals surface area contributed by atoms with E-state index in [0.717, 1.165) is 38.8 Å². The van der Waals surface area contributed by atoms with Gasteiger partial charge in [-0.3, -0.25) is 4.79 Å². The minimum Gasteiger partial charge on any atom is -0.377 e. The van der Waals surface area contributed by atoms with E-state index in [1.54, 1.807) is 7.11 Å². The Hall–Kier alpha value is -1.09. The summed E-state index contributed by atoms with van der Waals surface area (Å²) in [6.45, 7) is 7.94. The van der Waals surface area contributed by atoms with Crippen LogP contribution in [0.25, 0.3) is 0 Å². The van der Waals surface area contributed by atoms with Gasteiger partial charge in [0.1, 0.15) is 0 Å². The predicted octanol–water partition coefficient (Wildman–Crippen LogP) is 3.95. The van der Waals surface area contributed by atoms with E-state index in [2.05, 4.69) is 39.0 Å². The normalized spacial score (nSPS) is 30.4. The van der Waals surface area contributed by atoms with Gasteiger partial charge in [0.2, 0.25) is 5.91 Å². The fourth-order valence-electron chi connectivity index (χ4n) is 2.85. The molecule has 3 heteroatoms. The van der Waals surface area contributed by atoms with Crippen molar-refractivity contribution in [2.24, 2.45) is 5.92 Å². The van der Waals surface area contributed by atoms with Crippen molar-refractivity contribution in [1.82, 2.24) is 4.90 Å². The van der Waals surface area contributed by atoms with Crippen LogP contribution in [0.4, 0.5) is 0 Å². The van der Waals surface area contributed by atoms with Gasteiger partial charge in [0.05, 0.1) is 6.10 Å². The maximum atomic E-state index is 12.2. The molecule has 1 amide bonds. The lowest BCUT2D eigenvalue weighted by molar-refractivity contribution is -0.130. The Kier molecular flexibility index (Phi) is 8.36. The van der Waals surface area contributed by atoms with E-state index in [1.165, 1.54) is 5.57 Å². The molecule has 1 rings (SSSR count). The summed E-state index contributed by atoms with van der Waals surface area (Å²) >= 11 is 0. The van der Waals surface area contributed by atoms with E-state index >= 15 is 0 Å². The summed E-state index contributed by atoms with van der Waals surface area (Å²) in [5, 5.41) is 0. The summed E-state index contributed by atoms with van der Waals surface area (Å²) in [6, 6.07) is 0. The van der Waals surface area contributed by atoms with Gasteiger partial charge >= 0.3 is 0 Å². The zero-order valence-electron chi connectivity index (χ0n) is 14.1. The number of carbonyl (C=O) groups is 1. The minimum atomic E-state index is 0.191. The largest absolute Gasteiger partial charge is 0.377 e. The molecule has 2 atom stereocenters.